The molecule has 0 heterocycles. The van der Waals surface area contributed by atoms with Crippen molar-refractivity contribution in [2.75, 3.05) is 33.0 Å². The second kappa shape index (κ2) is 22.6. The van der Waals surface area contributed by atoms with Crippen LogP contribution in [0, 0.1) is 36.5 Å². The minimum atomic E-state index is 0.568. The molecule has 0 saturated heterocycles. The summed E-state index contributed by atoms with van der Waals surface area (Å²) in [5, 5.41) is 0. The third-order valence-electron chi connectivity index (χ3n) is 13.7. The number of rotatable bonds is 15. The molecular formula is C47H78O5. The number of ether oxygens (including phenoxy) is 5. The Morgan fingerprint density at radius 3 is 0.654 bits per heavy atom. The standard InChI is InChI=1S/C47H78O5/c1-37-43(48-32-38-22-12-2-3-13-23-38)45(50-34-40-26-16-6-7-17-27-40)47(52-36-42-30-20-10-11-21-31-42)46(51-35-41-28-18-8-9-19-29-41)44(37)49-33-39-24-14-4-5-15-25-39/h38-42H,2-36H2,1H3. The molecule has 0 amide bonds. The lowest BCUT2D eigenvalue weighted by Crippen LogP contribution is -2.20. The van der Waals surface area contributed by atoms with Crippen LogP contribution < -0.4 is 23.7 Å². The molecule has 0 radical (unpaired) electrons. The van der Waals surface area contributed by atoms with Crippen molar-refractivity contribution in [1.82, 2.24) is 0 Å². The highest BCUT2D eigenvalue weighted by Crippen LogP contribution is 2.55. The van der Waals surface area contributed by atoms with Crippen molar-refractivity contribution in [3.05, 3.63) is 5.56 Å². The zero-order valence-corrected chi connectivity index (χ0v) is 33.7. The van der Waals surface area contributed by atoms with E-state index in [-0.39, 0.29) is 0 Å². The molecule has 52 heavy (non-hydrogen) atoms. The van der Waals surface area contributed by atoms with Crippen LogP contribution in [-0.4, -0.2) is 33.0 Å². The van der Waals surface area contributed by atoms with Crippen LogP contribution in [0.4, 0.5) is 0 Å². The van der Waals surface area contributed by atoms with Crippen molar-refractivity contribution in [2.24, 2.45) is 29.6 Å². The van der Waals surface area contributed by atoms with E-state index >= 15 is 0 Å². The first kappa shape index (κ1) is 39.9. The van der Waals surface area contributed by atoms with Gasteiger partial charge in [0.25, 0.3) is 0 Å². The molecule has 5 saturated carbocycles. The van der Waals surface area contributed by atoms with Crippen molar-refractivity contribution in [3.8, 4) is 28.7 Å². The van der Waals surface area contributed by atoms with E-state index in [1.807, 2.05) is 0 Å². The fourth-order valence-electron chi connectivity index (χ4n) is 10.2. The van der Waals surface area contributed by atoms with E-state index in [4.69, 9.17) is 23.7 Å². The molecule has 5 heteroatoms. The summed E-state index contributed by atoms with van der Waals surface area (Å²) in [6, 6.07) is 0. The molecule has 0 unspecified atom stereocenters. The zero-order chi connectivity index (χ0) is 35.6. The van der Waals surface area contributed by atoms with Gasteiger partial charge in [-0.1, -0.05) is 128 Å². The summed E-state index contributed by atoms with van der Waals surface area (Å²) in [4.78, 5) is 0. The van der Waals surface area contributed by atoms with E-state index in [0.29, 0.717) is 36.2 Å². The van der Waals surface area contributed by atoms with E-state index < -0.39 is 0 Å². The second-order valence-corrected chi connectivity index (χ2v) is 18.1. The van der Waals surface area contributed by atoms with Crippen LogP contribution in [0.15, 0.2) is 0 Å². The smallest absolute Gasteiger partial charge is 0.211 e. The first-order valence-electron chi connectivity index (χ1n) is 23.1. The van der Waals surface area contributed by atoms with Gasteiger partial charge < -0.3 is 23.7 Å². The van der Waals surface area contributed by atoms with Crippen LogP contribution in [0.2, 0.25) is 0 Å². The van der Waals surface area contributed by atoms with Gasteiger partial charge in [0.1, 0.15) is 0 Å². The Labute approximate surface area is 319 Å². The van der Waals surface area contributed by atoms with Gasteiger partial charge in [-0.25, -0.2) is 0 Å². The van der Waals surface area contributed by atoms with Gasteiger partial charge in [0.2, 0.25) is 17.2 Å². The topological polar surface area (TPSA) is 46.2 Å². The SMILES string of the molecule is Cc1c(OCC2CCCCCC2)c(OCC2CCCCCC2)c(OCC2CCCCCC2)c(OCC2CCCCCC2)c1OCC1CCCCCC1. The summed E-state index contributed by atoms with van der Waals surface area (Å²) < 4.78 is 35.5. The lowest BCUT2D eigenvalue weighted by atomic mass is 10.0. The highest BCUT2D eigenvalue weighted by Gasteiger charge is 2.32. The predicted octanol–water partition coefficient (Wildman–Crippen LogP) is 13.7. The van der Waals surface area contributed by atoms with Gasteiger partial charge in [-0.2, -0.15) is 0 Å². The van der Waals surface area contributed by atoms with Crippen molar-refractivity contribution in [1.29, 1.82) is 0 Å². The maximum absolute atomic E-state index is 7.14. The highest BCUT2D eigenvalue weighted by molar-refractivity contribution is 5.70. The molecule has 0 atom stereocenters. The Morgan fingerprint density at radius 2 is 0.442 bits per heavy atom. The Balaban J connectivity index is 1.37. The molecule has 5 nitrogen and oxygen atoms in total. The fraction of sp³-hybridized carbons (Fsp3) is 0.872. The number of hydrogen-bond acceptors (Lipinski definition) is 5. The van der Waals surface area contributed by atoms with E-state index in [1.165, 1.54) is 193 Å². The van der Waals surface area contributed by atoms with Crippen LogP contribution in [0.5, 0.6) is 28.7 Å². The first-order chi connectivity index (χ1) is 25.7. The summed E-state index contributed by atoms with van der Waals surface area (Å²) in [5.41, 5.74) is 1.05. The summed E-state index contributed by atoms with van der Waals surface area (Å²) in [7, 11) is 0. The number of hydrogen-bond donors (Lipinski definition) is 0. The lowest BCUT2D eigenvalue weighted by molar-refractivity contribution is 0.158. The molecule has 0 bridgehead atoms. The average Bonchev–Trinajstić information content (AvgIpc) is 3.83. The molecule has 1 aromatic carbocycles. The molecule has 1 aromatic rings. The Kier molecular flexibility index (Phi) is 17.3. The van der Waals surface area contributed by atoms with Crippen LogP contribution >= 0.6 is 0 Å². The summed E-state index contributed by atoms with van der Waals surface area (Å²) in [5.74, 6) is 7.04. The molecule has 0 aliphatic heterocycles. The van der Waals surface area contributed by atoms with Crippen molar-refractivity contribution >= 4 is 0 Å². The van der Waals surface area contributed by atoms with Gasteiger partial charge in [-0.15, -0.1) is 0 Å². The maximum atomic E-state index is 7.14. The van der Waals surface area contributed by atoms with Crippen LogP contribution in [0.1, 0.15) is 198 Å². The highest BCUT2D eigenvalue weighted by atomic mass is 16.6. The Morgan fingerprint density at radius 1 is 0.269 bits per heavy atom. The van der Waals surface area contributed by atoms with Gasteiger partial charge in [-0.05, 0) is 101 Å². The van der Waals surface area contributed by atoms with E-state index in [0.717, 1.165) is 60.7 Å². The maximum Gasteiger partial charge on any atom is 0.211 e. The quantitative estimate of drug-likeness (QED) is 0.169. The minimum Gasteiger partial charge on any atom is -0.489 e. The van der Waals surface area contributed by atoms with E-state index in [1.54, 1.807) is 0 Å². The van der Waals surface area contributed by atoms with Crippen LogP contribution in [-0.2, 0) is 0 Å². The van der Waals surface area contributed by atoms with Gasteiger partial charge in [0, 0.05) is 5.56 Å². The van der Waals surface area contributed by atoms with E-state index in [9.17, 15) is 0 Å². The Bertz CT molecular complexity index is 1040. The molecule has 296 valence electrons. The summed E-state index contributed by atoms with van der Waals surface area (Å²) in [6.45, 7) is 5.87. The van der Waals surface area contributed by atoms with Crippen LogP contribution in [0.25, 0.3) is 0 Å². The molecule has 6 rings (SSSR count). The molecule has 5 aliphatic rings. The molecule has 0 spiro atoms. The minimum absolute atomic E-state index is 0.568. The zero-order valence-electron chi connectivity index (χ0n) is 33.7. The monoisotopic (exact) mass is 723 g/mol. The predicted molar refractivity (Wildman–Crippen MR) is 215 cm³/mol. The van der Waals surface area contributed by atoms with Gasteiger partial charge in [0.15, 0.2) is 11.5 Å². The third kappa shape index (κ3) is 12.6. The van der Waals surface area contributed by atoms with E-state index in [2.05, 4.69) is 6.92 Å². The Hall–Kier alpha value is -1.78. The second-order valence-electron chi connectivity index (χ2n) is 18.1. The number of benzene rings is 1. The average molecular weight is 723 g/mol. The first-order valence-corrected chi connectivity index (χ1v) is 23.1. The van der Waals surface area contributed by atoms with Gasteiger partial charge in [0.05, 0.1) is 33.0 Å². The van der Waals surface area contributed by atoms with Crippen molar-refractivity contribution < 1.29 is 23.7 Å². The van der Waals surface area contributed by atoms with Gasteiger partial charge >= 0.3 is 0 Å². The lowest BCUT2D eigenvalue weighted by Gasteiger charge is -2.28. The molecular weight excluding hydrogens is 645 g/mol. The molecule has 0 N–H and O–H groups in total. The summed E-state index contributed by atoms with van der Waals surface area (Å²) >= 11 is 0. The normalized spacial score (nSPS) is 23.1. The van der Waals surface area contributed by atoms with Crippen molar-refractivity contribution in [3.63, 3.8) is 0 Å². The molecule has 0 aromatic heterocycles. The van der Waals surface area contributed by atoms with Crippen molar-refractivity contribution in [2.45, 2.75) is 200 Å². The van der Waals surface area contributed by atoms with Crippen LogP contribution in [0.3, 0.4) is 0 Å². The fourth-order valence-corrected chi connectivity index (χ4v) is 10.2. The molecule has 5 fully saturated rings. The summed E-state index contributed by atoms with van der Waals surface area (Å²) in [6.07, 6.45) is 39.2. The van der Waals surface area contributed by atoms with Gasteiger partial charge in [-0.3, -0.25) is 0 Å². The largest absolute Gasteiger partial charge is 0.489 e. The third-order valence-corrected chi connectivity index (χ3v) is 13.7. The molecule has 5 aliphatic carbocycles.